The maximum absolute atomic E-state index is 13.0. The van der Waals surface area contributed by atoms with Crippen molar-refractivity contribution in [1.82, 2.24) is 0 Å². The molecule has 0 aliphatic heterocycles. The second-order valence-electron chi connectivity index (χ2n) is 4.61. The second-order valence-corrected chi connectivity index (χ2v) is 4.61. The summed E-state index contributed by atoms with van der Waals surface area (Å²) in [7, 11) is 0. The van der Waals surface area contributed by atoms with Gasteiger partial charge < -0.3 is 10.8 Å². The number of nitrogens with two attached hydrogens (primary N) is 1. The number of benzene rings is 2. The van der Waals surface area contributed by atoms with Crippen molar-refractivity contribution in [3.8, 4) is 5.75 Å². The van der Waals surface area contributed by atoms with Gasteiger partial charge in [-0.3, -0.25) is 0 Å². The van der Waals surface area contributed by atoms with E-state index in [9.17, 15) is 13.9 Å². The highest BCUT2D eigenvalue weighted by Gasteiger charge is 2.08. The van der Waals surface area contributed by atoms with Crippen LogP contribution in [0.5, 0.6) is 5.75 Å². The van der Waals surface area contributed by atoms with E-state index >= 15 is 0 Å². The minimum Gasteiger partial charge on any atom is -0.508 e. The molecule has 0 amide bonds. The van der Waals surface area contributed by atoms with Crippen molar-refractivity contribution >= 4 is 0 Å². The largest absolute Gasteiger partial charge is 0.508 e. The van der Waals surface area contributed by atoms with Gasteiger partial charge >= 0.3 is 0 Å². The van der Waals surface area contributed by atoms with E-state index in [0.717, 1.165) is 11.6 Å². The Morgan fingerprint density at radius 3 is 2.00 bits per heavy atom. The van der Waals surface area contributed by atoms with Crippen molar-refractivity contribution in [3.05, 3.63) is 65.2 Å². The Labute approximate surface area is 110 Å². The van der Waals surface area contributed by atoms with Gasteiger partial charge in [0.2, 0.25) is 0 Å². The molecule has 3 N–H and O–H groups in total. The molecule has 0 heterocycles. The topological polar surface area (TPSA) is 46.2 Å². The highest BCUT2D eigenvalue weighted by Crippen LogP contribution is 2.14. The van der Waals surface area contributed by atoms with E-state index < -0.39 is 11.6 Å². The zero-order valence-corrected chi connectivity index (χ0v) is 10.3. The number of hydrogen-bond acceptors (Lipinski definition) is 2. The Bertz CT molecular complexity index is 534. The maximum atomic E-state index is 13.0. The Morgan fingerprint density at radius 2 is 1.42 bits per heavy atom. The van der Waals surface area contributed by atoms with E-state index in [1.54, 1.807) is 24.3 Å². The summed E-state index contributed by atoms with van der Waals surface area (Å²) in [6.07, 6.45) is 0.980. The van der Waals surface area contributed by atoms with Gasteiger partial charge in [-0.2, -0.15) is 0 Å². The molecule has 1 atom stereocenters. The van der Waals surface area contributed by atoms with Gasteiger partial charge in [0, 0.05) is 12.1 Å². The molecule has 0 saturated heterocycles. The summed E-state index contributed by atoms with van der Waals surface area (Å²) in [6, 6.07) is 9.93. The third-order valence-electron chi connectivity index (χ3n) is 2.85. The summed E-state index contributed by atoms with van der Waals surface area (Å²) < 4.78 is 26.1. The van der Waals surface area contributed by atoms with Gasteiger partial charge in [0.15, 0.2) is 0 Å². The molecule has 0 fully saturated rings. The van der Waals surface area contributed by atoms with Crippen LogP contribution in [0.25, 0.3) is 0 Å². The van der Waals surface area contributed by atoms with Gasteiger partial charge in [0.1, 0.15) is 17.4 Å². The zero-order chi connectivity index (χ0) is 13.8. The molecule has 0 radical (unpaired) electrons. The van der Waals surface area contributed by atoms with Gasteiger partial charge in [-0.05, 0) is 48.2 Å². The molecule has 0 bridgehead atoms. The molecule has 100 valence electrons. The van der Waals surface area contributed by atoms with E-state index in [4.69, 9.17) is 5.73 Å². The van der Waals surface area contributed by atoms with Crippen molar-refractivity contribution in [2.45, 2.75) is 18.9 Å². The smallest absolute Gasteiger partial charge is 0.126 e. The highest BCUT2D eigenvalue weighted by atomic mass is 19.1. The van der Waals surface area contributed by atoms with Crippen LogP contribution in [0.1, 0.15) is 11.1 Å². The van der Waals surface area contributed by atoms with Crippen LogP contribution in [-0.2, 0) is 12.8 Å². The average molecular weight is 263 g/mol. The minimum atomic E-state index is -0.591. The number of phenolic OH excluding ortho intramolecular Hbond substituents is 1. The Kier molecular flexibility index (Phi) is 4.12. The minimum absolute atomic E-state index is 0.199. The average Bonchev–Trinajstić information content (AvgIpc) is 2.30. The highest BCUT2D eigenvalue weighted by molar-refractivity contribution is 5.27. The lowest BCUT2D eigenvalue weighted by Crippen LogP contribution is -2.25. The molecule has 4 heteroatoms. The molecule has 0 saturated carbocycles. The van der Waals surface area contributed by atoms with Crippen molar-refractivity contribution in [1.29, 1.82) is 0 Å². The van der Waals surface area contributed by atoms with Crippen LogP contribution in [0.3, 0.4) is 0 Å². The van der Waals surface area contributed by atoms with Gasteiger partial charge in [-0.15, -0.1) is 0 Å². The summed E-state index contributed by atoms with van der Waals surface area (Å²) in [5.74, 6) is -0.983. The van der Waals surface area contributed by atoms with Crippen LogP contribution in [-0.4, -0.2) is 11.1 Å². The second kappa shape index (κ2) is 5.80. The number of halogens is 2. The van der Waals surface area contributed by atoms with Gasteiger partial charge in [0.05, 0.1) is 0 Å². The quantitative estimate of drug-likeness (QED) is 0.891. The lowest BCUT2D eigenvalue weighted by molar-refractivity contribution is 0.475. The molecule has 19 heavy (non-hydrogen) atoms. The molecule has 0 aromatic heterocycles. The molecular weight excluding hydrogens is 248 g/mol. The predicted octanol–water partition coefficient (Wildman–Crippen LogP) is 2.78. The van der Waals surface area contributed by atoms with Crippen LogP contribution in [0, 0.1) is 11.6 Å². The Balaban J connectivity index is 2.00. The van der Waals surface area contributed by atoms with Gasteiger partial charge in [-0.1, -0.05) is 12.1 Å². The SMILES string of the molecule is NC(Cc1ccc(O)cc1)Cc1cc(F)cc(F)c1. The zero-order valence-electron chi connectivity index (χ0n) is 10.3. The first kappa shape index (κ1) is 13.5. The van der Waals surface area contributed by atoms with Crippen molar-refractivity contribution in [2.75, 3.05) is 0 Å². The first-order chi connectivity index (χ1) is 9.02. The van der Waals surface area contributed by atoms with Gasteiger partial charge in [0.25, 0.3) is 0 Å². The van der Waals surface area contributed by atoms with E-state index in [2.05, 4.69) is 0 Å². The number of rotatable bonds is 4. The monoisotopic (exact) mass is 263 g/mol. The van der Waals surface area contributed by atoms with Crippen LogP contribution >= 0.6 is 0 Å². The number of phenols is 1. The molecular formula is C15H15F2NO. The normalized spacial score (nSPS) is 12.4. The molecule has 2 aromatic carbocycles. The fraction of sp³-hybridized carbons (Fsp3) is 0.200. The lowest BCUT2D eigenvalue weighted by Gasteiger charge is -2.12. The summed E-state index contributed by atoms with van der Waals surface area (Å²) in [6.45, 7) is 0. The third kappa shape index (κ3) is 4.03. The van der Waals surface area contributed by atoms with Crippen LogP contribution in [0.15, 0.2) is 42.5 Å². The number of hydrogen-bond donors (Lipinski definition) is 2. The fourth-order valence-corrected chi connectivity index (χ4v) is 2.04. The van der Waals surface area contributed by atoms with Crippen molar-refractivity contribution in [2.24, 2.45) is 5.73 Å². The van der Waals surface area contributed by atoms with Crippen LogP contribution in [0.2, 0.25) is 0 Å². The van der Waals surface area contributed by atoms with Gasteiger partial charge in [-0.25, -0.2) is 8.78 Å². The van der Waals surface area contributed by atoms with Crippen LogP contribution in [0.4, 0.5) is 8.78 Å². The molecule has 1 unspecified atom stereocenters. The van der Waals surface area contributed by atoms with E-state index in [-0.39, 0.29) is 11.8 Å². The molecule has 0 aliphatic rings. The first-order valence-electron chi connectivity index (χ1n) is 6.01. The maximum Gasteiger partial charge on any atom is 0.126 e. The van der Waals surface area contributed by atoms with Crippen LogP contribution < -0.4 is 5.73 Å². The van der Waals surface area contributed by atoms with Crippen molar-refractivity contribution < 1.29 is 13.9 Å². The molecule has 0 spiro atoms. The summed E-state index contributed by atoms with van der Waals surface area (Å²) in [5.41, 5.74) is 7.49. The summed E-state index contributed by atoms with van der Waals surface area (Å²) >= 11 is 0. The third-order valence-corrected chi connectivity index (χ3v) is 2.85. The summed E-state index contributed by atoms with van der Waals surface area (Å²) in [5, 5.41) is 9.17. The van der Waals surface area contributed by atoms with E-state index in [0.29, 0.717) is 18.4 Å². The predicted molar refractivity (Wildman–Crippen MR) is 69.8 cm³/mol. The Hall–Kier alpha value is -1.94. The molecule has 2 rings (SSSR count). The standard InChI is InChI=1S/C15H15F2NO/c16-12-5-11(6-13(17)9-12)8-14(18)7-10-1-3-15(19)4-2-10/h1-6,9,14,19H,7-8,18H2. The summed E-state index contributed by atoms with van der Waals surface area (Å²) in [4.78, 5) is 0. The van der Waals surface area contributed by atoms with Crippen molar-refractivity contribution in [3.63, 3.8) is 0 Å². The van der Waals surface area contributed by atoms with E-state index in [1.165, 1.54) is 12.1 Å². The molecule has 2 aromatic rings. The lowest BCUT2D eigenvalue weighted by atomic mass is 9.99. The first-order valence-corrected chi connectivity index (χ1v) is 6.01. The fourth-order valence-electron chi connectivity index (χ4n) is 2.04. The van der Waals surface area contributed by atoms with E-state index in [1.807, 2.05) is 0 Å². The number of aromatic hydroxyl groups is 1. The molecule has 0 aliphatic carbocycles. The Morgan fingerprint density at radius 1 is 0.895 bits per heavy atom. The molecule has 2 nitrogen and oxygen atoms in total.